The Hall–Kier alpha value is -1.72. The van der Waals surface area contributed by atoms with Crippen molar-refractivity contribution in [2.45, 2.75) is 12.0 Å². The molecule has 1 atom stereocenters. The summed E-state index contributed by atoms with van der Waals surface area (Å²) in [4.78, 5) is 15.8. The summed E-state index contributed by atoms with van der Waals surface area (Å²) in [6.45, 7) is 0. The first-order valence-electron chi connectivity index (χ1n) is 6.16. The second kappa shape index (κ2) is 6.15. The summed E-state index contributed by atoms with van der Waals surface area (Å²) in [5, 5.41) is 13.6. The SMILES string of the molecule is CNC(=O)CC(O)(c1ccc(Br)cc1)c1cccnc1. The molecule has 2 aromatic rings. The zero-order chi connectivity index (χ0) is 14.6. The highest BCUT2D eigenvalue weighted by Gasteiger charge is 2.34. The van der Waals surface area contributed by atoms with Crippen LogP contribution in [0.15, 0.2) is 53.3 Å². The highest BCUT2D eigenvalue weighted by molar-refractivity contribution is 9.10. The van der Waals surface area contributed by atoms with Crippen molar-refractivity contribution in [3.8, 4) is 0 Å². The number of amides is 1. The van der Waals surface area contributed by atoms with Gasteiger partial charge in [-0.15, -0.1) is 0 Å². The number of carbonyl (C=O) groups is 1. The summed E-state index contributed by atoms with van der Waals surface area (Å²) in [5.74, 6) is -0.237. The number of aliphatic hydroxyl groups is 1. The fraction of sp³-hybridized carbons (Fsp3) is 0.200. The van der Waals surface area contributed by atoms with Gasteiger partial charge in [-0.05, 0) is 23.8 Å². The smallest absolute Gasteiger partial charge is 0.223 e. The second-order valence-corrected chi connectivity index (χ2v) is 5.37. The van der Waals surface area contributed by atoms with E-state index in [1.807, 2.05) is 12.1 Å². The number of aromatic nitrogens is 1. The van der Waals surface area contributed by atoms with E-state index in [4.69, 9.17) is 0 Å². The minimum atomic E-state index is -1.39. The quantitative estimate of drug-likeness (QED) is 0.901. The molecule has 0 fully saturated rings. The van der Waals surface area contributed by atoms with E-state index < -0.39 is 5.60 Å². The van der Waals surface area contributed by atoms with Crippen LogP contribution in [0.2, 0.25) is 0 Å². The maximum Gasteiger partial charge on any atom is 0.223 e. The first kappa shape index (κ1) is 14.7. The van der Waals surface area contributed by atoms with Crippen LogP contribution in [0.5, 0.6) is 0 Å². The van der Waals surface area contributed by atoms with Crippen LogP contribution in [0.25, 0.3) is 0 Å². The van der Waals surface area contributed by atoms with E-state index in [1.165, 1.54) is 0 Å². The van der Waals surface area contributed by atoms with Crippen molar-refractivity contribution in [2.75, 3.05) is 7.05 Å². The molecule has 2 rings (SSSR count). The molecule has 1 unspecified atom stereocenters. The average molecular weight is 335 g/mol. The van der Waals surface area contributed by atoms with Gasteiger partial charge >= 0.3 is 0 Å². The van der Waals surface area contributed by atoms with Gasteiger partial charge in [-0.3, -0.25) is 9.78 Å². The maximum atomic E-state index is 11.7. The zero-order valence-corrected chi connectivity index (χ0v) is 12.6. The van der Waals surface area contributed by atoms with E-state index in [0.29, 0.717) is 11.1 Å². The van der Waals surface area contributed by atoms with Gasteiger partial charge in [-0.2, -0.15) is 0 Å². The number of nitrogens with one attached hydrogen (secondary N) is 1. The summed E-state index contributed by atoms with van der Waals surface area (Å²) >= 11 is 3.36. The molecule has 0 aliphatic heterocycles. The van der Waals surface area contributed by atoms with Crippen molar-refractivity contribution in [1.29, 1.82) is 0 Å². The molecule has 0 saturated carbocycles. The number of hydrogen-bond donors (Lipinski definition) is 2. The van der Waals surface area contributed by atoms with Gasteiger partial charge in [-0.1, -0.05) is 34.1 Å². The van der Waals surface area contributed by atoms with Crippen LogP contribution in [0.1, 0.15) is 17.5 Å². The van der Waals surface area contributed by atoms with Crippen LogP contribution in [-0.4, -0.2) is 23.0 Å². The van der Waals surface area contributed by atoms with E-state index in [2.05, 4.69) is 26.2 Å². The molecule has 0 saturated heterocycles. The molecule has 0 aliphatic rings. The zero-order valence-electron chi connectivity index (χ0n) is 11.0. The molecular weight excluding hydrogens is 320 g/mol. The Morgan fingerprint density at radius 3 is 2.55 bits per heavy atom. The number of rotatable bonds is 4. The molecule has 4 nitrogen and oxygen atoms in total. The van der Waals surface area contributed by atoms with Gasteiger partial charge in [0.05, 0.1) is 6.42 Å². The fourth-order valence-electron chi connectivity index (χ4n) is 2.02. The van der Waals surface area contributed by atoms with E-state index >= 15 is 0 Å². The Labute approximate surface area is 126 Å². The number of hydrogen-bond acceptors (Lipinski definition) is 3. The highest BCUT2D eigenvalue weighted by Crippen LogP contribution is 2.33. The van der Waals surface area contributed by atoms with E-state index in [-0.39, 0.29) is 12.3 Å². The monoisotopic (exact) mass is 334 g/mol. The molecule has 20 heavy (non-hydrogen) atoms. The van der Waals surface area contributed by atoms with Crippen molar-refractivity contribution >= 4 is 21.8 Å². The molecule has 1 amide bonds. The molecule has 1 aromatic carbocycles. The van der Waals surface area contributed by atoms with Crippen LogP contribution in [0, 0.1) is 0 Å². The van der Waals surface area contributed by atoms with E-state index in [0.717, 1.165) is 4.47 Å². The average Bonchev–Trinajstić information content (AvgIpc) is 2.48. The van der Waals surface area contributed by atoms with Crippen LogP contribution < -0.4 is 5.32 Å². The Kier molecular flexibility index (Phi) is 4.52. The topological polar surface area (TPSA) is 62.2 Å². The predicted octanol–water partition coefficient (Wildman–Crippen LogP) is 2.22. The van der Waals surface area contributed by atoms with Crippen LogP contribution in [0.3, 0.4) is 0 Å². The summed E-state index contributed by atoms with van der Waals surface area (Å²) in [6, 6.07) is 10.8. The summed E-state index contributed by atoms with van der Waals surface area (Å²) in [5.41, 5.74) is -0.155. The lowest BCUT2D eigenvalue weighted by Crippen LogP contribution is -2.34. The number of carbonyl (C=O) groups excluding carboxylic acids is 1. The van der Waals surface area contributed by atoms with Crippen LogP contribution in [0.4, 0.5) is 0 Å². The molecule has 0 aliphatic carbocycles. The fourth-order valence-corrected chi connectivity index (χ4v) is 2.29. The lowest BCUT2D eigenvalue weighted by molar-refractivity contribution is -0.124. The molecule has 0 radical (unpaired) electrons. The third-order valence-corrected chi connectivity index (χ3v) is 3.68. The second-order valence-electron chi connectivity index (χ2n) is 4.46. The lowest BCUT2D eigenvalue weighted by atomic mass is 9.84. The Bertz CT molecular complexity index is 587. The van der Waals surface area contributed by atoms with Crippen molar-refractivity contribution in [2.24, 2.45) is 0 Å². The number of halogens is 1. The van der Waals surface area contributed by atoms with Crippen molar-refractivity contribution in [1.82, 2.24) is 10.3 Å². The van der Waals surface area contributed by atoms with E-state index in [1.54, 1.807) is 43.7 Å². The third kappa shape index (κ3) is 3.05. The summed E-state index contributed by atoms with van der Waals surface area (Å²) in [7, 11) is 1.55. The third-order valence-electron chi connectivity index (χ3n) is 3.16. The highest BCUT2D eigenvalue weighted by atomic mass is 79.9. The molecule has 0 spiro atoms. The van der Waals surface area contributed by atoms with Crippen LogP contribution in [-0.2, 0) is 10.4 Å². The standard InChI is InChI=1S/C15H15BrN2O2/c1-17-14(19)9-15(20,12-3-2-8-18-10-12)11-4-6-13(16)7-5-11/h2-8,10,20H,9H2,1H3,(H,17,19). The van der Waals surface area contributed by atoms with Gasteiger partial charge in [-0.25, -0.2) is 0 Å². The minimum absolute atomic E-state index is 0.0587. The van der Waals surface area contributed by atoms with Gasteiger partial charge in [0, 0.05) is 29.5 Å². The first-order chi connectivity index (χ1) is 9.56. The van der Waals surface area contributed by atoms with Crippen molar-refractivity contribution in [3.05, 3.63) is 64.4 Å². The number of pyridine rings is 1. The molecule has 0 bridgehead atoms. The minimum Gasteiger partial charge on any atom is -0.380 e. The summed E-state index contributed by atoms with van der Waals surface area (Å²) in [6.07, 6.45) is 3.15. The Balaban J connectivity index is 2.48. The first-order valence-corrected chi connectivity index (χ1v) is 6.95. The van der Waals surface area contributed by atoms with Gasteiger partial charge in [0.1, 0.15) is 5.60 Å². The normalized spacial score (nSPS) is 13.6. The molecule has 5 heteroatoms. The van der Waals surface area contributed by atoms with E-state index in [9.17, 15) is 9.90 Å². The Morgan fingerprint density at radius 2 is 2.00 bits per heavy atom. The number of benzene rings is 1. The molecular formula is C15H15BrN2O2. The van der Waals surface area contributed by atoms with Gasteiger partial charge < -0.3 is 10.4 Å². The van der Waals surface area contributed by atoms with Gasteiger partial charge in [0.2, 0.25) is 5.91 Å². The summed E-state index contributed by atoms with van der Waals surface area (Å²) < 4.78 is 0.912. The molecule has 104 valence electrons. The van der Waals surface area contributed by atoms with Crippen LogP contribution >= 0.6 is 15.9 Å². The Morgan fingerprint density at radius 1 is 1.30 bits per heavy atom. The van der Waals surface area contributed by atoms with Gasteiger partial charge in [0.25, 0.3) is 0 Å². The molecule has 2 N–H and O–H groups in total. The largest absolute Gasteiger partial charge is 0.380 e. The predicted molar refractivity (Wildman–Crippen MR) is 80.1 cm³/mol. The maximum absolute atomic E-state index is 11.7. The number of nitrogens with zero attached hydrogens (tertiary/aromatic N) is 1. The van der Waals surface area contributed by atoms with Crippen molar-refractivity contribution in [3.63, 3.8) is 0 Å². The lowest BCUT2D eigenvalue weighted by Gasteiger charge is -2.28. The van der Waals surface area contributed by atoms with Crippen molar-refractivity contribution < 1.29 is 9.90 Å². The van der Waals surface area contributed by atoms with Gasteiger partial charge in [0.15, 0.2) is 0 Å². The molecule has 1 heterocycles. The molecule has 1 aromatic heterocycles.